The average molecular weight is 324 g/mol. The van der Waals surface area contributed by atoms with E-state index in [1.165, 1.54) is 0 Å². The predicted molar refractivity (Wildman–Crippen MR) is 95.5 cm³/mol. The molecule has 1 atom stereocenters. The molecular formula is C20H24N2O2. The Bertz CT molecular complexity index is 685. The van der Waals surface area contributed by atoms with Crippen LogP contribution in [0.3, 0.4) is 0 Å². The van der Waals surface area contributed by atoms with Gasteiger partial charge in [-0.1, -0.05) is 24.3 Å². The summed E-state index contributed by atoms with van der Waals surface area (Å²) in [6.07, 6.45) is 1.07. The minimum Gasteiger partial charge on any atom is -0.457 e. The molecule has 1 amide bonds. The number of carbonyl (C=O) groups is 1. The summed E-state index contributed by atoms with van der Waals surface area (Å²) >= 11 is 0. The molecule has 2 aromatic carbocycles. The molecule has 0 spiro atoms. The van der Waals surface area contributed by atoms with Crippen LogP contribution < -0.4 is 4.74 Å². The fourth-order valence-corrected chi connectivity index (χ4v) is 3.18. The first kappa shape index (κ1) is 16.5. The van der Waals surface area contributed by atoms with E-state index in [0.717, 1.165) is 31.8 Å². The van der Waals surface area contributed by atoms with E-state index in [4.69, 9.17) is 4.74 Å². The molecule has 24 heavy (non-hydrogen) atoms. The quantitative estimate of drug-likeness (QED) is 0.844. The molecule has 1 unspecified atom stereocenters. The maximum absolute atomic E-state index is 12.7. The second-order valence-electron chi connectivity index (χ2n) is 6.61. The lowest BCUT2D eigenvalue weighted by molar-refractivity contribution is 0.0784. The van der Waals surface area contributed by atoms with Gasteiger partial charge in [0.25, 0.3) is 5.91 Å². The molecule has 1 saturated heterocycles. The van der Waals surface area contributed by atoms with Crippen LogP contribution in [0.4, 0.5) is 0 Å². The Kier molecular flexibility index (Phi) is 5.16. The summed E-state index contributed by atoms with van der Waals surface area (Å²) < 4.78 is 5.83. The van der Waals surface area contributed by atoms with Crippen LogP contribution in [-0.4, -0.2) is 49.4 Å². The molecule has 0 radical (unpaired) electrons. The maximum atomic E-state index is 12.7. The van der Waals surface area contributed by atoms with Crippen molar-refractivity contribution in [2.75, 3.05) is 33.7 Å². The molecule has 0 aromatic heterocycles. The van der Waals surface area contributed by atoms with Crippen molar-refractivity contribution in [1.82, 2.24) is 9.80 Å². The first-order chi connectivity index (χ1) is 11.6. The second kappa shape index (κ2) is 7.49. The van der Waals surface area contributed by atoms with Crippen molar-refractivity contribution in [3.63, 3.8) is 0 Å². The van der Waals surface area contributed by atoms with Crippen LogP contribution in [0, 0.1) is 5.92 Å². The van der Waals surface area contributed by atoms with Crippen LogP contribution in [0.5, 0.6) is 11.5 Å². The number of likely N-dealkylation sites (tertiary alicyclic amines) is 1. The third kappa shape index (κ3) is 4.15. The zero-order chi connectivity index (χ0) is 16.9. The number of carbonyl (C=O) groups excluding carboxylic acids is 1. The van der Waals surface area contributed by atoms with E-state index >= 15 is 0 Å². The van der Waals surface area contributed by atoms with Gasteiger partial charge < -0.3 is 14.5 Å². The monoisotopic (exact) mass is 324 g/mol. The van der Waals surface area contributed by atoms with Crippen molar-refractivity contribution in [2.45, 2.75) is 6.42 Å². The SMILES string of the molecule is CN(C)CC1CCN(C(=O)c2cccc(Oc3ccccc3)c2)C1. The summed E-state index contributed by atoms with van der Waals surface area (Å²) in [5, 5.41) is 0. The van der Waals surface area contributed by atoms with Gasteiger partial charge >= 0.3 is 0 Å². The summed E-state index contributed by atoms with van der Waals surface area (Å²) in [5.41, 5.74) is 0.689. The van der Waals surface area contributed by atoms with Crippen molar-refractivity contribution < 1.29 is 9.53 Å². The standard InChI is InChI=1S/C20H24N2O2/c1-21(2)14-16-11-12-22(15-16)20(23)17-7-6-10-19(13-17)24-18-8-4-3-5-9-18/h3-10,13,16H,11-12,14-15H2,1-2H3. The van der Waals surface area contributed by atoms with E-state index in [2.05, 4.69) is 19.0 Å². The van der Waals surface area contributed by atoms with Gasteiger partial charge in [-0.15, -0.1) is 0 Å². The third-order valence-electron chi connectivity index (χ3n) is 4.26. The number of rotatable bonds is 5. The van der Waals surface area contributed by atoms with E-state index in [1.807, 2.05) is 59.5 Å². The highest BCUT2D eigenvalue weighted by atomic mass is 16.5. The fourth-order valence-electron chi connectivity index (χ4n) is 3.18. The Balaban J connectivity index is 1.66. The van der Waals surface area contributed by atoms with Crippen LogP contribution in [0.1, 0.15) is 16.8 Å². The van der Waals surface area contributed by atoms with Gasteiger partial charge in [-0.25, -0.2) is 0 Å². The van der Waals surface area contributed by atoms with E-state index < -0.39 is 0 Å². The maximum Gasteiger partial charge on any atom is 0.253 e. The Labute approximate surface area is 143 Å². The number of benzene rings is 2. The minimum atomic E-state index is 0.0924. The van der Waals surface area contributed by atoms with Crippen molar-refractivity contribution in [3.8, 4) is 11.5 Å². The molecule has 4 heteroatoms. The van der Waals surface area contributed by atoms with Gasteiger partial charge in [0.15, 0.2) is 0 Å². The summed E-state index contributed by atoms with van der Waals surface area (Å²) in [6, 6.07) is 17.1. The van der Waals surface area contributed by atoms with Crippen molar-refractivity contribution in [3.05, 3.63) is 60.2 Å². The van der Waals surface area contributed by atoms with Crippen LogP contribution in [0.2, 0.25) is 0 Å². The van der Waals surface area contributed by atoms with Crippen LogP contribution in [-0.2, 0) is 0 Å². The molecule has 126 valence electrons. The number of amides is 1. The summed E-state index contributed by atoms with van der Waals surface area (Å²) in [6.45, 7) is 2.70. The normalized spacial score (nSPS) is 17.3. The molecule has 1 fully saturated rings. The highest BCUT2D eigenvalue weighted by molar-refractivity contribution is 5.94. The Hall–Kier alpha value is -2.33. The van der Waals surface area contributed by atoms with Crippen molar-refractivity contribution in [2.24, 2.45) is 5.92 Å². The van der Waals surface area contributed by atoms with E-state index in [1.54, 1.807) is 0 Å². The highest BCUT2D eigenvalue weighted by Crippen LogP contribution is 2.24. The summed E-state index contributed by atoms with van der Waals surface area (Å²) in [4.78, 5) is 16.9. The Morgan fingerprint density at radius 2 is 1.88 bits per heavy atom. The predicted octanol–water partition coefficient (Wildman–Crippen LogP) is 3.50. The van der Waals surface area contributed by atoms with Gasteiger partial charge in [0.2, 0.25) is 0 Å². The Morgan fingerprint density at radius 3 is 2.62 bits per heavy atom. The lowest BCUT2D eigenvalue weighted by Crippen LogP contribution is -2.30. The third-order valence-corrected chi connectivity index (χ3v) is 4.26. The van der Waals surface area contributed by atoms with Gasteiger partial charge in [0.05, 0.1) is 0 Å². The number of hydrogen-bond acceptors (Lipinski definition) is 3. The summed E-state index contributed by atoms with van der Waals surface area (Å²) in [7, 11) is 4.16. The molecule has 3 rings (SSSR count). The van der Waals surface area contributed by atoms with E-state index in [0.29, 0.717) is 17.2 Å². The largest absolute Gasteiger partial charge is 0.457 e. The van der Waals surface area contributed by atoms with Gasteiger partial charge in [-0.05, 0) is 56.8 Å². The number of hydrogen-bond donors (Lipinski definition) is 0. The zero-order valence-electron chi connectivity index (χ0n) is 14.3. The molecular weight excluding hydrogens is 300 g/mol. The second-order valence-corrected chi connectivity index (χ2v) is 6.61. The van der Waals surface area contributed by atoms with Gasteiger partial charge in [-0.3, -0.25) is 4.79 Å². The van der Waals surface area contributed by atoms with Gasteiger partial charge in [-0.2, -0.15) is 0 Å². The first-order valence-corrected chi connectivity index (χ1v) is 8.39. The molecule has 4 nitrogen and oxygen atoms in total. The average Bonchev–Trinajstić information content (AvgIpc) is 3.03. The first-order valence-electron chi connectivity index (χ1n) is 8.39. The number of para-hydroxylation sites is 1. The van der Waals surface area contributed by atoms with E-state index in [9.17, 15) is 4.79 Å². The van der Waals surface area contributed by atoms with Gasteiger partial charge in [0.1, 0.15) is 11.5 Å². The van der Waals surface area contributed by atoms with Crippen LogP contribution in [0.15, 0.2) is 54.6 Å². The van der Waals surface area contributed by atoms with Crippen LogP contribution in [0.25, 0.3) is 0 Å². The van der Waals surface area contributed by atoms with Gasteiger partial charge in [0, 0.05) is 25.2 Å². The number of ether oxygens (including phenoxy) is 1. The molecule has 1 aliphatic heterocycles. The van der Waals surface area contributed by atoms with Crippen molar-refractivity contribution >= 4 is 5.91 Å². The molecule has 0 bridgehead atoms. The van der Waals surface area contributed by atoms with Crippen LogP contribution >= 0.6 is 0 Å². The number of nitrogens with zero attached hydrogens (tertiary/aromatic N) is 2. The smallest absolute Gasteiger partial charge is 0.253 e. The zero-order valence-corrected chi connectivity index (χ0v) is 14.3. The molecule has 2 aromatic rings. The van der Waals surface area contributed by atoms with E-state index in [-0.39, 0.29) is 5.91 Å². The lowest BCUT2D eigenvalue weighted by atomic mass is 10.1. The molecule has 0 N–H and O–H groups in total. The minimum absolute atomic E-state index is 0.0924. The Morgan fingerprint density at radius 1 is 1.12 bits per heavy atom. The lowest BCUT2D eigenvalue weighted by Gasteiger charge is -2.19. The topological polar surface area (TPSA) is 32.8 Å². The molecule has 1 aliphatic rings. The highest BCUT2D eigenvalue weighted by Gasteiger charge is 2.27. The van der Waals surface area contributed by atoms with Crippen molar-refractivity contribution in [1.29, 1.82) is 0 Å². The molecule has 1 heterocycles. The molecule has 0 aliphatic carbocycles. The fraction of sp³-hybridized carbons (Fsp3) is 0.350. The molecule has 0 saturated carbocycles. The summed E-state index contributed by atoms with van der Waals surface area (Å²) in [5.74, 6) is 2.12.